The lowest BCUT2D eigenvalue weighted by atomic mass is 10.0. The first-order valence-corrected chi connectivity index (χ1v) is 9.90. The monoisotopic (exact) mass is 371 g/mol. The van der Waals surface area contributed by atoms with Crippen LogP contribution in [0.2, 0.25) is 0 Å². The molecule has 1 aromatic carbocycles. The fraction of sp³-hybridized carbons (Fsp3) is 0.455. The minimum atomic E-state index is -0.182. The van der Waals surface area contributed by atoms with Gasteiger partial charge in [0.2, 0.25) is 0 Å². The van der Waals surface area contributed by atoms with Crippen molar-refractivity contribution in [2.24, 2.45) is 0 Å². The highest BCUT2D eigenvalue weighted by Crippen LogP contribution is 2.23. The van der Waals surface area contributed by atoms with Gasteiger partial charge in [0.25, 0.3) is 0 Å². The molecule has 0 bridgehead atoms. The quantitative estimate of drug-likeness (QED) is 0.352. The van der Waals surface area contributed by atoms with Crippen LogP contribution in [0.1, 0.15) is 61.7 Å². The molecule has 0 N–H and O–H groups in total. The number of nitrogens with zero attached hydrogens (tertiary/aromatic N) is 1. The molecule has 0 saturated carbocycles. The molecule has 0 fully saturated rings. The number of aryl methyl sites for hydroxylation is 2. The van der Waals surface area contributed by atoms with Gasteiger partial charge in [-0.15, -0.1) is 0 Å². The summed E-state index contributed by atoms with van der Waals surface area (Å²) in [6, 6.07) is 10.5. The number of rotatable bonds is 9. The first-order chi connectivity index (χ1) is 12.5. The van der Waals surface area contributed by atoms with Crippen LogP contribution < -0.4 is 0 Å². The van der Waals surface area contributed by atoms with E-state index >= 15 is 0 Å². The Kier molecular flexibility index (Phi) is 7.58. The summed E-state index contributed by atoms with van der Waals surface area (Å²) in [6.45, 7) is 9.49. The SMILES string of the molecule is CCCCn1c(CC(=O)OCC)cc(CC)c1C(=S)c1ccc(C)cc1. The standard InChI is InChI=1S/C22H29NO2S/c1-5-8-13-23-19(15-20(24)25-7-3)14-17(6-2)21(23)22(26)18-11-9-16(4)10-12-18/h9-12,14H,5-8,13,15H2,1-4H3. The van der Waals surface area contributed by atoms with Gasteiger partial charge in [-0.25, -0.2) is 0 Å². The smallest absolute Gasteiger partial charge is 0.311 e. The van der Waals surface area contributed by atoms with Gasteiger partial charge in [0, 0.05) is 12.2 Å². The number of hydrogen-bond donors (Lipinski definition) is 0. The van der Waals surface area contributed by atoms with Crippen LogP contribution >= 0.6 is 12.2 Å². The Morgan fingerprint density at radius 1 is 1.15 bits per heavy atom. The maximum atomic E-state index is 12.1. The van der Waals surface area contributed by atoms with E-state index < -0.39 is 0 Å². The van der Waals surface area contributed by atoms with Crippen molar-refractivity contribution in [1.29, 1.82) is 0 Å². The second kappa shape index (κ2) is 9.67. The average molecular weight is 372 g/mol. The number of ether oxygens (including phenoxy) is 1. The van der Waals surface area contributed by atoms with E-state index in [-0.39, 0.29) is 5.97 Å². The number of aromatic nitrogens is 1. The van der Waals surface area contributed by atoms with Gasteiger partial charge in [-0.3, -0.25) is 4.79 Å². The Hall–Kier alpha value is -1.94. The number of carbonyl (C=O) groups excluding carboxylic acids is 1. The summed E-state index contributed by atoms with van der Waals surface area (Å²) in [6.07, 6.45) is 3.32. The summed E-state index contributed by atoms with van der Waals surface area (Å²) >= 11 is 5.86. The predicted molar refractivity (Wildman–Crippen MR) is 111 cm³/mol. The van der Waals surface area contributed by atoms with Crippen molar-refractivity contribution < 1.29 is 9.53 Å². The second-order valence-corrected chi connectivity index (χ2v) is 6.95. The van der Waals surface area contributed by atoms with Crippen LogP contribution in [0.25, 0.3) is 0 Å². The Labute approximate surface area is 162 Å². The molecule has 0 unspecified atom stereocenters. The molecular weight excluding hydrogens is 342 g/mol. The Balaban J connectivity index is 2.47. The molecule has 3 nitrogen and oxygen atoms in total. The lowest BCUT2D eigenvalue weighted by Crippen LogP contribution is -2.16. The summed E-state index contributed by atoms with van der Waals surface area (Å²) in [5, 5.41) is 0. The Morgan fingerprint density at radius 2 is 1.85 bits per heavy atom. The van der Waals surface area contributed by atoms with E-state index in [2.05, 4.69) is 55.7 Å². The third kappa shape index (κ3) is 4.82. The molecule has 0 spiro atoms. The van der Waals surface area contributed by atoms with Crippen molar-refractivity contribution in [3.8, 4) is 0 Å². The summed E-state index contributed by atoms with van der Waals surface area (Å²) < 4.78 is 7.40. The lowest BCUT2D eigenvalue weighted by molar-refractivity contribution is -0.142. The zero-order valence-corrected chi connectivity index (χ0v) is 17.1. The third-order valence-electron chi connectivity index (χ3n) is 4.54. The van der Waals surface area contributed by atoms with Gasteiger partial charge in [0.1, 0.15) is 0 Å². The summed E-state index contributed by atoms with van der Waals surface area (Å²) in [5.74, 6) is -0.182. The highest BCUT2D eigenvalue weighted by molar-refractivity contribution is 7.81. The molecule has 140 valence electrons. The van der Waals surface area contributed by atoms with Crippen LogP contribution in [-0.4, -0.2) is 22.0 Å². The molecule has 2 aromatic rings. The molecule has 4 heteroatoms. The number of unbranched alkanes of at least 4 members (excludes halogenated alkanes) is 1. The van der Waals surface area contributed by atoms with Gasteiger partial charge in [-0.05, 0) is 43.9 Å². The molecule has 26 heavy (non-hydrogen) atoms. The molecule has 0 aliphatic heterocycles. The van der Waals surface area contributed by atoms with Crippen LogP contribution in [0.4, 0.5) is 0 Å². The topological polar surface area (TPSA) is 31.2 Å². The highest BCUT2D eigenvalue weighted by atomic mass is 32.1. The maximum Gasteiger partial charge on any atom is 0.311 e. The molecule has 0 aliphatic carbocycles. The van der Waals surface area contributed by atoms with Gasteiger partial charge in [-0.1, -0.05) is 62.3 Å². The Bertz CT molecular complexity index is 759. The van der Waals surface area contributed by atoms with Crippen LogP contribution in [0, 0.1) is 6.92 Å². The van der Waals surface area contributed by atoms with E-state index in [1.807, 2.05) is 6.92 Å². The molecule has 0 amide bonds. The number of thiocarbonyl (C=S) groups is 1. The van der Waals surface area contributed by atoms with Crippen molar-refractivity contribution in [3.05, 3.63) is 58.4 Å². The molecule has 0 aliphatic rings. The molecule has 0 atom stereocenters. The number of esters is 1. The van der Waals surface area contributed by atoms with E-state index in [1.165, 1.54) is 11.1 Å². The summed E-state index contributed by atoms with van der Waals surface area (Å²) in [7, 11) is 0. The van der Waals surface area contributed by atoms with Gasteiger partial charge in [0.05, 0.1) is 23.6 Å². The number of carbonyl (C=O) groups is 1. The van der Waals surface area contributed by atoms with E-state index in [0.717, 1.165) is 47.6 Å². The molecule has 0 radical (unpaired) electrons. The molecule has 0 saturated heterocycles. The number of hydrogen-bond acceptors (Lipinski definition) is 3. The zero-order chi connectivity index (χ0) is 19.1. The zero-order valence-electron chi connectivity index (χ0n) is 16.3. The fourth-order valence-electron chi connectivity index (χ4n) is 3.12. The van der Waals surface area contributed by atoms with E-state index in [1.54, 1.807) is 0 Å². The molecule has 1 aromatic heterocycles. The first-order valence-electron chi connectivity index (χ1n) is 9.50. The summed E-state index contributed by atoms with van der Waals surface area (Å²) in [4.78, 5) is 12.9. The number of benzene rings is 1. The minimum absolute atomic E-state index is 0.182. The minimum Gasteiger partial charge on any atom is -0.466 e. The highest BCUT2D eigenvalue weighted by Gasteiger charge is 2.20. The van der Waals surface area contributed by atoms with Crippen LogP contribution in [0.15, 0.2) is 30.3 Å². The van der Waals surface area contributed by atoms with E-state index in [9.17, 15) is 4.79 Å². The van der Waals surface area contributed by atoms with Gasteiger partial charge >= 0.3 is 5.97 Å². The molecule has 2 rings (SSSR count). The normalized spacial score (nSPS) is 10.8. The largest absolute Gasteiger partial charge is 0.466 e. The second-order valence-electron chi connectivity index (χ2n) is 6.55. The van der Waals surface area contributed by atoms with Gasteiger partial charge in [0.15, 0.2) is 0 Å². The summed E-state index contributed by atoms with van der Waals surface area (Å²) in [5.41, 5.74) is 5.55. The van der Waals surface area contributed by atoms with Crippen molar-refractivity contribution in [2.75, 3.05) is 6.61 Å². The van der Waals surface area contributed by atoms with Crippen molar-refractivity contribution in [1.82, 2.24) is 4.57 Å². The van der Waals surface area contributed by atoms with Crippen LogP contribution in [0.3, 0.4) is 0 Å². The van der Waals surface area contributed by atoms with Gasteiger partial charge < -0.3 is 9.30 Å². The van der Waals surface area contributed by atoms with Crippen LogP contribution in [0.5, 0.6) is 0 Å². The van der Waals surface area contributed by atoms with E-state index in [0.29, 0.717) is 13.0 Å². The van der Waals surface area contributed by atoms with E-state index in [4.69, 9.17) is 17.0 Å². The fourth-order valence-corrected chi connectivity index (χ4v) is 3.50. The molecular formula is C22H29NO2S. The first kappa shape index (κ1) is 20.4. The van der Waals surface area contributed by atoms with Crippen LogP contribution in [-0.2, 0) is 28.9 Å². The average Bonchev–Trinajstić information content (AvgIpc) is 2.97. The van der Waals surface area contributed by atoms with Gasteiger partial charge in [-0.2, -0.15) is 0 Å². The molecule has 1 heterocycles. The van der Waals surface area contributed by atoms with Crippen molar-refractivity contribution in [3.63, 3.8) is 0 Å². The predicted octanol–water partition coefficient (Wildman–Crippen LogP) is 5.03. The lowest BCUT2D eigenvalue weighted by Gasteiger charge is -2.15. The Morgan fingerprint density at radius 3 is 2.42 bits per heavy atom. The third-order valence-corrected chi connectivity index (χ3v) is 4.97. The van der Waals surface area contributed by atoms with Crippen molar-refractivity contribution in [2.45, 2.75) is 59.9 Å². The maximum absolute atomic E-state index is 12.1. The van der Waals surface area contributed by atoms with Crippen molar-refractivity contribution >= 4 is 23.1 Å².